The first-order chi connectivity index (χ1) is 15.5. The average Bonchev–Trinajstić information content (AvgIpc) is 3.73. The zero-order valence-electron chi connectivity index (χ0n) is 17.8. The average molecular weight is 434 g/mol. The van der Waals surface area contributed by atoms with Crippen LogP contribution in [-0.2, 0) is 0 Å². The Balaban J connectivity index is 1.32. The number of nitrogens with one attached hydrogen (secondary N) is 4. The Bertz CT molecular complexity index is 1090. The molecule has 2 amide bonds. The standard InChI is InChI=1S/C24H27N5O3/c30-14-24(8-9-24)29-22(32)16-2-1-3-18(12-16)27-20-7-6-17(13-19(20)15-4-5-15)21(31)28-23-25-10-11-26-23/h1-3,6-7,12-13,15,27,30H,4-5,8-11,14H2,(H,29,32)(H2,25,26,28,31). The highest BCUT2D eigenvalue weighted by atomic mass is 16.3. The van der Waals surface area contributed by atoms with Gasteiger partial charge in [-0.25, -0.2) is 0 Å². The predicted molar refractivity (Wildman–Crippen MR) is 122 cm³/mol. The van der Waals surface area contributed by atoms with Crippen molar-refractivity contribution in [2.45, 2.75) is 37.1 Å². The van der Waals surface area contributed by atoms with Crippen LogP contribution in [0.5, 0.6) is 0 Å². The van der Waals surface area contributed by atoms with Crippen molar-refractivity contribution >= 4 is 29.1 Å². The second-order valence-corrected chi connectivity index (χ2v) is 8.79. The molecule has 2 fully saturated rings. The maximum absolute atomic E-state index is 12.6. The number of rotatable bonds is 7. The van der Waals surface area contributed by atoms with Gasteiger partial charge in [0.15, 0.2) is 5.96 Å². The Morgan fingerprint density at radius 1 is 1.09 bits per heavy atom. The quantitative estimate of drug-likeness (QED) is 0.460. The summed E-state index contributed by atoms with van der Waals surface area (Å²) in [6.45, 7) is 1.37. The molecular formula is C24H27N5O3. The van der Waals surface area contributed by atoms with Gasteiger partial charge >= 0.3 is 0 Å². The summed E-state index contributed by atoms with van der Waals surface area (Å²) in [5.74, 6) is 0.591. The van der Waals surface area contributed by atoms with Crippen LogP contribution in [0.3, 0.4) is 0 Å². The first kappa shape index (κ1) is 20.5. The van der Waals surface area contributed by atoms with Crippen LogP contribution < -0.4 is 21.3 Å². The second-order valence-electron chi connectivity index (χ2n) is 8.79. The van der Waals surface area contributed by atoms with Gasteiger partial charge < -0.3 is 21.1 Å². The summed E-state index contributed by atoms with van der Waals surface area (Å²) in [7, 11) is 0. The molecule has 0 spiro atoms. The number of aliphatic hydroxyl groups excluding tert-OH is 1. The molecule has 5 N–H and O–H groups in total. The van der Waals surface area contributed by atoms with E-state index in [0.29, 0.717) is 29.5 Å². The number of amides is 2. The van der Waals surface area contributed by atoms with E-state index < -0.39 is 5.54 Å². The number of guanidine groups is 1. The summed E-state index contributed by atoms with van der Waals surface area (Å²) in [6.07, 6.45) is 3.81. The van der Waals surface area contributed by atoms with E-state index in [1.165, 1.54) is 0 Å². The zero-order chi connectivity index (χ0) is 22.1. The third-order valence-corrected chi connectivity index (χ3v) is 6.18. The summed E-state index contributed by atoms with van der Waals surface area (Å²) in [4.78, 5) is 29.4. The van der Waals surface area contributed by atoms with E-state index in [1.807, 2.05) is 30.3 Å². The Morgan fingerprint density at radius 2 is 1.91 bits per heavy atom. The maximum atomic E-state index is 12.6. The lowest BCUT2D eigenvalue weighted by molar-refractivity contribution is 0.0906. The number of benzene rings is 2. The minimum atomic E-state index is -0.449. The minimum Gasteiger partial charge on any atom is -0.394 e. The number of aliphatic hydroxyl groups is 1. The van der Waals surface area contributed by atoms with Crippen molar-refractivity contribution in [2.75, 3.05) is 25.0 Å². The maximum Gasteiger partial charge on any atom is 0.257 e. The minimum absolute atomic E-state index is 0.0369. The van der Waals surface area contributed by atoms with E-state index >= 15 is 0 Å². The molecule has 5 rings (SSSR count). The summed E-state index contributed by atoms with van der Waals surface area (Å²) >= 11 is 0. The fourth-order valence-electron chi connectivity index (χ4n) is 3.89. The topological polar surface area (TPSA) is 115 Å². The van der Waals surface area contributed by atoms with Crippen molar-refractivity contribution < 1.29 is 14.7 Å². The van der Waals surface area contributed by atoms with Crippen LogP contribution in [0.2, 0.25) is 0 Å². The number of hydrogen-bond donors (Lipinski definition) is 5. The molecule has 2 saturated carbocycles. The summed E-state index contributed by atoms with van der Waals surface area (Å²) in [5, 5.41) is 21.7. The van der Waals surface area contributed by atoms with Crippen molar-refractivity contribution in [2.24, 2.45) is 4.99 Å². The van der Waals surface area contributed by atoms with E-state index in [1.54, 1.807) is 12.1 Å². The van der Waals surface area contributed by atoms with E-state index in [0.717, 1.165) is 49.2 Å². The molecular weight excluding hydrogens is 406 g/mol. The van der Waals surface area contributed by atoms with Gasteiger partial charge in [0.2, 0.25) is 0 Å². The number of aliphatic imine (C=N–C) groups is 1. The Morgan fingerprint density at radius 3 is 2.59 bits per heavy atom. The molecule has 1 aliphatic heterocycles. The molecule has 3 aliphatic rings. The Kier molecular flexibility index (Phi) is 5.30. The van der Waals surface area contributed by atoms with Crippen LogP contribution in [0.1, 0.15) is 57.9 Å². The van der Waals surface area contributed by atoms with Gasteiger partial charge in [-0.05, 0) is 73.6 Å². The van der Waals surface area contributed by atoms with Gasteiger partial charge in [-0.3, -0.25) is 19.9 Å². The molecule has 0 atom stereocenters. The van der Waals surface area contributed by atoms with Crippen LogP contribution in [-0.4, -0.2) is 48.1 Å². The highest BCUT2D eigenvalue weighted by Crippen LogP contribution is 2.44. The van der Waals surface area contributed by atoms with Crippen molar-refractivity contribution in [1.29, 1.82) is 0 Å². The molecule has 8 nitrogen and oxygen atoms in total. The lowest BCUT2D eigenvalue weighted by atomic mass is 10.0. The lowest BCUT2D eigenvalue weighted by Crippen LogP contribution is -2.39. The van der Waals surface area contributed by atoms with Gasteiger partial charge in [-0.2, -0.15) is 0 Å². The van der Waals surface area contributed by atoms with Crippen molar-refractivity contribution in [1.82, 2.24) is 16.0 Å². The number of carbonyl (C=O) groups is 2. The Labute approximate surface area is 186 Å². The molecule has 32 heavy (non-hydrogen) atoms. The second kappa shape index (κ2) is 8.27. The van der Waals surface area contributed by atoms with Gasteiger partial charge in [-0.15, -0.1) is 0 Å². The van der Waals surface area contributed by atoms with Crippen LogP contribution >= 0.6 is 0 Å². The molecule has 2 aromatic carbocycles. The number of carbonyl (C=O) groups excluding carboxylic acids is 2. The van der Waals surface area contributed by atoms with E-state index in [4.69, 9.17) is 0 Å². The van der Waals surface area contributed by atoms with E-state index in [-0.39, 0.29) is 18.4 Å². The molecule has 0 saturated heterocycles. The van der Waals surface area contributed by atoms with Crippen LogP contribution in [0.15, 0.2) is 47.5 Å². The predicted octanol–water partition coefficient (Wildman–Crippen LogP) is 2.25. The third kappa shape index (κ3) is 4.45. The number of hydrogen-bond acceptors (Lipinski definition) is 6. The molecule has 0 unspecified atom stereocenters. The van der Waals surface area contributed by atoms with Gasteiger partial charge in [0.1, 0.15) is 0 Å². The van der Waals surface area contributed by atoms with Gasteiger partial charge in [0, 0.05) is 29.0 Å². The first-order valence-electron chi connectivity index (χ1n) is 11.1. The summed E-state index contributed by atoms with van der Waals surface area (Å²) in [6, 6.07) is 13.0. The highest BCUT2D eigenvalue weighted by Gasteiger charge is 2.43. The normalized spacial score (nSPS) is 18.3. The van der Waals surface area contributed by atoms with Crippen LogP contribution in [0.4, 0.5) is 11.4 Å². The fourth-order valence-corrected chi connectivity index (χ4v) is 3.89. The fraction of sp³-hybridized carbons (Fsp3) is 0.375. The summed E-state index contributed by atoms with van der Waals surface area (Å²) < 4.78 is 0. The molecule has 0 aromatic heterocycles. The van der Waals surface area contributed by atoms with Gasteiger partial charge in [0.25, 0.3) is 11.8 Å². The molecule has 1 heterocycles. The van der Waals surface area contributed by atoms with Crippen molar-refractivity contribution in [3.63, 3.8) is 0 Å². The van der Waals surface area contributed by atoms with E-state index in [9.17, 15) is 14.7 Å². The molecule has 2 aliphatic carbocycles. The molecule has 0 bridgehead atoms. The number of anilines is 2. The molecule has 8 heteroatoms. The Hall–Kier alpha value is -3.39. The first-order valence-corrected chi connectivity index (χ1v) is 11.1. The molecule has 0 radical (unpaired) electrons. The number of nitrogens with zero attached hydrogens (tertiary/aromatic N) is 1. The van der Waals surface area contributed by atoms with Crippen molar-refractivity contribution in [3.05, 3.63) is 59.2 Å². The third-order valence-electron chi connectivity index (χ3n) is 6.18. The zero-order valence-corrected chi connectivity index (χ0v) is 17.8. The molecule has 2 aromatic rings. The van der Waals surface area contributed by atoms with E-state index in [2.05, 4.69) is 26.3 Å². The van der Waals surface area contributed by atoms with Crippen molar-refractivity contribution in [3.8, 4) is 0 Å². The summed E-state index contributed by atoms with van der Waals surface area (Å²) in [5.41, 5.74) is 3.53. The monoisotopic (exact) mass is 433 g/mol. The lowest BCUT2D eigenvalue weighted by Gasteiger charge is -2.16. The van der Waals surface area contributed by atoms with Crippen LogP contribution in [0.25, 0.3) is 0 Å². The van der Waals surface area contributed by atoms with Crippen LogP contribution in [0, 0.1) is 0 Å². The largest absolute Gasteiger partial charge is 0.394 e. The van der Waals surface area contributed by atoms with Gasteiger partial charge in [0.05, 0.1) is 18.7 Å². The van der Waals surface area contributed by atoms with Gasteiger partial charge in [-0.1, -0.05) is 6.07 Å². The SMILES string of the molecule is O=C(NC1=NCCN1)c1ccc(Nc2cccc(C(=O)NC3(CO)CC3)c2)c(C2CC2)c1. The molecule has 166 valence electrons. The highest BCUT2D eigenvalue weighted by molar-refractivity contribution is 6.06. The smallest absolute Gasteiger partial charge is 0.257 e.